The molecule has 2 aromatic carbocycles. The number of rotatable bonds is 7. The monoisotopic (exact) mass is 410 g/mol. The number of carbonyl (C=O) groups excluding carboxylic acids is 3. The smallest absolute Gasteiger partial charge is 0.336 e. The van der Waals surface area contributed by atoms with Crippen LogP contribution in [0.15, 0.2) is 89.2 Å². The van der Waals surface area contributed by atoms with Gasteiger partial charge in [-0.1, -0.05) is 25.3 Å². The van der Waals surface area contributed by atoms with E-state index < -0.39 is 5.97 Å². The van der Waals surface area contributed by atoms with Crippen molar-refractivity contribution in [2.24, 2.45) is 0 Å². The molecule has 0 N–H and O–H groups in total. The molecule has 4 nitrogen and oxygen atoms in total. The average molecular weight is 411 g/mol. The van der Waals surface area contributed by atoms with Crippen LogP contribution in [0.1, 0.15) is 12.5 Å². The van der Waals surface area contributed by atoms with Gasteiger partial charge in [-0.15, -0.1) is 0 Å². The Balaban J connectivity index is 1.90. The lowest BCUT2D eigenvalue weighted by Gasteiger charge is -2.03. The molecular formula is C22H18O4S2. The van der Waals surface area contributed by atoms with Crippen LogP contribution in [0.2, 0.25) is 0 Å². The van der Waals surface area contributed by atoms with Crippen molar-refractivity contribution >= 4 is 45.8 Å². The Hall–Kier alpha value is -2.83. The van der Waals surface area contributed by atoms with Gasteiger partial charge in [0.2, 0.25) is 10.2 Å². The maximum Gasteiger partial charge on any atom is 0.336 e. The van der Waals surface area contributed by atoms with Crippen molar-refractivity contribution in [1.29, 1.82) is 0 Å². The molecule has 0 saturated heterocycles. The number of hydrogen-bond acceptors (Lipinski definition) is 6. The van der Waals surface area contributed by atoms with Gasteiger partial charge in [-0.25, -0.2) is 4.79 Å². The van der Waals surface area contributed by atoms with Crippen molar-refractivity contribution in [2.45, 2.75) is 16.7 Å². The maximum absolute atomic E-state index is 11.9. The van der Waals surface area contributed by atoms with Gasteiger partial charge in [0.1, 0.15) is 5.75 Å². The predicted octanol–water partition coefficient (Wildman–Crippen LogP) is 5.30. The molecule has 142 valence electrons. The number of thioether (sulfide) groups is 2. The molecule has 0 saturated carbocycles. The second kappa shape index (κ2) is 10.5. The Morgan fingerprint density at radius 1 is 0.929 bits per heavy atom. The number of hydrogen-bond donors (Lipinski definition) is 0. The quantitative estimate of drug-likeness (QED) is 0.267. The summed E-state index contributed by atoms with van der Waals surface area (Å²) in [6.07, 6.45) is 4.21. The van der Waals surface area contributed by atoms with Crippen molar-refractivity contribution in [3.05, 3.63) is 85.0 Å². The minimum absolute atomic E-state index is 0.106. The van der Waals surface area contributed by atoms with E-state index in [1.165, 1.54) is 12.2 Å². The second-order valence-electron chi connectivity index (χ2n) is 5.59. The van der Waals surface area contributed by atoms with Crippen molar-refractivity contribution in [3.63, 3.8) is 0 Å². The molecule has 0 amide bonds. The van der Waals surface area contributed by atoms with Crippen LogP contribution >= 0.6 is 23.5 Å². The first-order valence-electron chi connectivity index (χ1n) is 8.19. The Morgan fingerprint density at radius 3 is 2.07 bits per heavy atom. The third kappa shape index (κ3) is 7.06. The highest BCUT2D eigenvalue weighted by atomic mass is 32.2. The molecule has 0 aliphatic carbocycles. The summed E-state index contributed by atoms with van der Waals surface area (Å²) in [6.45, 7) is 8.69. The Morgan fingerprint density at radius 2 is 1.50 bits per heavy atom. The van der Waals surface area contributed by atoms with Gasteiger partial charge in [0.05, 0.1) is 0 Å². The van der Waals surface area contributed by atoms with E-state index in [1.807, 2.05) is 0 Å². The molecule has 2 rings (SSSR count). The zero-order chi connectivity index (χ0) is 20.5. The van der Waals surface area contributed by atoms with Gasteiger partial charge in [-0.2, -0.15) is 0 Å². The lowest BCUT2D eigenvalue weighted by molar-refractivity contribution is -0.128. The van der Waals surface area contributed by atoms with Crippen molar-refractivity contribution < 1.29 is 19.1 Å². The fourth-order valence-electron chi connectivity index (χ4n) is 1.89. The zero-order valence-electron chi connectivity index (χ0n) is 15.2. The second-order valence-corrected chi connectivity index (χ2v) is 7.71. The maximum atomic E-state index is 11.9. The fraction of sp³-hybridized carbons (Fsp3) is 0.0455. The Labute approximate surface area is 172 Å². The first-order valence-corrected chi connectivity index (χ1v) is 9.82. The Bertz CT molecular complexity index is 926. The molecule has 0 aliphatic heterocycles. The third-order valence-corrected chi connectivity index (χ3v) is 5.20. The summed E-state index contributed by atoms with van der Waals surface area (Å²) >= 11 is 2.16. The molecule has 0 aromatic heterocycles. The van der Waals surface area contributed by atoms with Gasteiger partial charge < -0.3 is 4.74 Å². The standard InChI is InChI=1S/C22H18O4S2/c1-4-21(24)27-18-10-5-16(6-11-18)7-14-20(23)26-17-8-12-19(13-9-17)28-22(25)15(2)3/h4-14H,1-2H2,3H3/b14-7+. The Kier molecular flexibility index (Phi) is 8.04. The van der Waals surface area contributed by atoms with Crippen molar-refractivity contribution in [1.82, 2.24) is 0 Å². The number of ether oxygens (including phenoxy) is 1. The van der Waals surface area contributed by atoms with Gasteiger partial charge in [0, 0.05) is 15.9 Å². The lowest BCUT2D eigenvalue weighted by Crippen LogP contribution is -2.03. The summed E-state index contributed by atoms with van der Waals surface area (Å²) < 4.78 is 5.24. The SMILES string of the molecule is C=CC(=O)Sc1ccc(/C=C/C(=O)Oc2ccc(SC(=O)C(=C)C)cc2)cc1. The summed E-state index contributed by atoms with van der Waals surface area (Å²) in [5, 5.41) is -0.230. The molecule has 28 heavy (non-hydrogen) atoms. The highest BCUT2D eigenvalue weighted by molar-refractivity contribution is 8.14. The van der Waals surface area contributed by atoms with Crippen LogP contribution in [0.3, 0.4) is 0 Å². The first-order chi connectivity index (χ1) is 13.4. The summed E-state index contributed by atoms with van der Waals surface area (Å²) in [6, 6.07) is 13.8. The van der Waals surface area contributed by atoms with E-state index in [2.05, 4.69) is 13.2 Å². The first kappa shape index (κ1) is 21.5. The van der Waals surface area contributed by atoms with Crippen LogP contribution in [-0.2, 0) is 14.4 Å². The van der Waals surface area contributed by atoms with E-state index in [-0.39, 0.29) is 10.2 Å². The molecule has 0 radical (unpaired) electrons. The average Bonchev–Trinajstić information content (AvgIpc) is 2.68. The summed E-state index contributed by atoms with van der Waals surface area (Å²) in [5.41, 5.74) is 1.28. The summed E-state index contributed by atoms with van der Waals surface area (Å²) in [4.78, 5) is 36.4. The van der Waals surface area contributed by atoms with E-state index in [4.69, 9.17) is 4.74 Å². The van der Waals surface area contributed by atoms with Gasteiger partial charge in [-0.3, -0.25) is 9.59 Å². The topological polar surface area (TPSA) is 60.4 Å². The van der Waals surface area contributed by atoms with E-state index in [1.54, 1.807) is 61.5 Å². The molecule has 0 fully saturated rings. The molecule has 0 aliphatic rings. The number of carbonyl (C=O) groups is 3. The predicted molar refractivity (Wildman–Crippen MR) is 114 cm³/mol. The zero-order valence-corrected chi connectivity index (χ0v) is 16.8. The number of benzene rings is 2. The summed E-state index contributed by atoms with van der Waals surface area (Å²) in [5.74, 6) is -0.129. The molecule has 0 atom stereocenters. The van der Waals surface area contributed by atoms with Crippen LogP contribution in [-0.4, -0.2) is 16.2 Å². The minimum Gasteiger partial charge on any atom is -0.423 e. The third-order valence-electron chi connectivity index (χ3n) is 3.28. The van der Waals surface area contributed by atoms with Crippen LogP contribution in [0.4, 0.5) is 0 Å². The largest absolute Gasteiger partial charge is 0.423 e. The van der Waals surface area contributed by atoms with Crippen LogP contribution in [0, 0.1) is 0 Å². The molecule has 0 heterocycles. The van der Waals surface area contributed by atoms with Crippen LogP contribution in [0.5, 0.6) is 5.75 Å². The normalized spacial score (nSPS) is 10.5. The van der Waals surface area contributed by atoms with Crippen molar-refractivity contribution in [2.75, 3.05) is 0 Å². The van der Waals surface area contributed by atoms with Gasteiger partial charge in [-0.05, 0) is 90.1 Å². The molecule has 2 aromatic rings. The van der Waals surface area contributed by atoms with E-state index in [0.717, 1.165) is 38.9 Å². The van der Waals surface area contributed by atoms with Crippen molar-refractivity contribution in [3.8, 4) is 5.75 Å². The minimum atomic E-state index is -0.515. The fourth-order valence-corrected chi connectivity index (χ4v) is 3.14. The molecule has 0 spiro atoms. The van der Waals surface area contributed by atoms with E-state index in [0.29, 0.717) is 11.3 Å². The highest BCUT2D eigenvalue weighted by Gasteiger charge is 2.06. The molecular weight excluding hydrogens is 392 g/mol. The molecule has 0 bridgehead atoms. The van der Waals surface area contributed by atoms with Crippen LogP contribution < -0.4 is 4.74 Å². The molecule has 0 unspecified atom stereocenters. The van der Waals surface area contributed by atoms with Gasteiger partial charge in [0.25, 0.3) is 0 Å². The van der Waals surface area contributed by atoms with Gasteiger partial charge >= 0.3 is 5.97 Å². The van der Waals surface area contributed by atoms with Crippen LogP contribution in [0.25, 0.3) is 6.08 Å². The number of esters is 1. The van der Waals surface area contributed by atoms with E-state index >= 15 is 0 Å². The van der Waals surface area contributed by atoms with E-state index in [9.17, 15) is 14.4 Å². The highest BCUT2D eigenvalue weighted by Crippen LogP contribution is 2.24. The molecule has 6 heteroatoms. The van der Waals surface area contributed by atoms with Gasteiger partial charge in [0.15, 0.2) is 0 Å². The lowest BCUT2D eigenvalue weighted by atomic mass is 10.2. The summed E-state index contributed by atoms with van der Waals surface area (Å²) in [7, 11) is 0.